The lowest BCUT2D eigenvalue weighted by atomic mass is 10.2. The third-order valence-electron chi connectivity index (χ3n) is 2.21. The number of thiocarbonyl (C=S) groups is 1. The molecule has 0 heterocycles. The monoisotopic (exact) mass is 222 g/mol. The Morgan fingerprint density at radius 2 is 2.07 bits per heavy atom. The third-order valence-corrected chi connectivity index (χ3v) is 2.46. The maximum Gasteiger partial charge on any atom is 0.170 e. The average molecular weight is 222 g/mol. The predicted octanol–water partition coefficient (Wildman–Crippen LogP) is 3.08. The fourth-order valence-corrected chi connectivity index (χ4v) is 1.47. The van der Waals surface area contributed by atoms with Crippen molar-refractivity contribution >= 4 is 23.0 Å². The molecule has 0 saturated carbocycles. The zero-order chi connectivity index (χ0) is 11.1. The van der Waals surface area contributed by atoms with Crippen LogP contribution >= 0.6 is 12.2 Å². The Bertz CT molecular complexity index is 323. The van der Waals surface area contributed by atoms with Crippen molar-refractivity contribution < 1.29 is 0 Å². The summed E-state index contributed by atoms with van der Waals surface area (Å²) >= 11 is 5.19. The van der Waals surface area contributed by atoms with Crippen molar-refractivity contribution in [2.45, 2.75) is 26.7 Å². The molecule has 0 amide bonds. The summed E-state index contributed by atoms with van der Waals surface area (Å²) in [6.07, 6.45) is 2.33. The summed E-state index contributed by atoms with van der Waals surface area (Å²) in [7, 11) is 0. The van der Waals surface area contributed by atoms with Crippen LogP contribution in [0.25, 0.3) is 0 Å². The number of hydrogen-bond donors (Lipinski definition) is 2. The van der Waals surface area contributed by atoms with E-state index in [1.165, 1.54) is 12.0 Å². The van der Waals surface area contributed by atoms with Crippen molar-refractivity contribution in [2.75, 3.05) is 11.9 Å². The summed E-state index contributed by atoms with van der Waals surface area (Å²) in [6.45, 7) is 5.17. The Kier molecular flexibility index (Phi) is 5.12. The van der Waals surface area contributed by atoms with Crippen LogP contribution in [0.2, 0.25) is 0 Å². The van der Waals surface area contributed by atoms with Crippen LogP contribution in [-0.2, 0) is 0 Å². The number of anilines is 1. The summed E-state index contributed by atoms with van der Waals surface area (Å²) in [5.41, 5.74) is 2.28. The van der Waals surface area contributed by atoms with Gasteiger partial charge in [0.15, 0.2) is 5.11 Å². The van der Waals surface area contributed by atoms with Gasteiger partial charge in [-0.2, -0.15) is 0 Å². The molecule has 0 fully saturated rings. The SMILES string of the molecule is CCCCNC(=S)Nc1ccccc1C. The van der Waals surface area contributed by atoms with E-state index in [-0.39, 0.29) is 0 Å². The van der Waals surface area contributed by atoms with Crippen molar-refractivity contribution in [3.63, 3.8) is 0 Å². The number of aryl methyl sites for hydroxylation is 1. The Morgan fingerprint density at radius 3 is 2.73 bits per heavy atom. The molecule has 1 aromatic carbocycles. The van der Waals surface area contributed by atoms with E-state index < -0.39 is 0 Å². The summed E-state index contributed by atoms with van der Waals surface area (Å²) in [6, 6.07) is 8.12. The minimum atomic E-state index is 0.706. The van der Waals surface area contributed by atoms with Crippen LogP contribution < -0.4 is 10.6 Å². The van der Waals surface area contributed by atoms with Crippen LogP contribution in [0.15, 0.2) is 24.3 Å². The number of benzene rings is 1. The quantitative estimate of drug-likeness (QED) is 0.605. The highest BCUT2D eigenvalue weighted by molar-refractivity contribution is 7.80. The van der Waals surface area contributed by atoms with Crippen molar-refractivity contribution in [3.8, 4) is 0 Å². The molecule has 0 bridgehead atoms. The molecule has 1 rings (SSSR count). The largest absolute Gasteiger partial charge is 0.362 e. The molecule has 2 N–H and O–H groups in total. The van der Waals surface area contributed by atoms with Gasteiger partial charge >= 0.3 is 0 Å². The third kappa shape index (κ3) is 4.30. The normalized spacial score (nSPS) is 9.73. The maximum absolute atomic E-state index is 5.19. The number of nitrogens with one attached hydrogen (secondary N) is 2. The first-order valence-corrected chi connectivity index (χ1v) is 5.75. The van der Waals surface area contributed by atoms with Gasteiger partial charge in [0.2, 0.25) is 0 Å². The van der Waals surface area contributed by atoms with Crippen LogP contribution in [0, 0.1) is 6.92 Å². The van der Waals surface area contributed by atoms with E-state index >= 15 is 0 Å². The smallest absolute Gasteiger partial charge is 0.170 e. The topological polar surface area (TPSA) is 24.1 Å². The molecule has 0 saturated heterocycles. The fourth-order valence-electron chi connectivity index (χ4n) is 1.26. The van der Waals surface area contributed by atoms with E-state index in [1.54, 1.807) is 0 Å². The number of rotatable bonds is 4. The number of unbranched alkanes of at least 4 members (excludes halogenated alkanes) is 1. The Balaban J connectivity index is 2.41. The summed E-state index contributed by atoms with van der Waals surface area (Å²) in [5, 5.41) is 7.08. The first kappa shape index (κ1) is 12.0. The molecular formula is C12H18N2S. The van der Waals surface area contributed by atoms with E-state index in [9.17, 15) is 0 Å². The second kappa shape index (κ2) is 6.40. The van der Waals surface area contributed by atoms with Crippen LogP contribution in [0.3, 0.4) is 0 Å². The predicted molar refractivity (Wildman–Crippen MR) is 70.3 cm³/mol. The molecule has 0 aliphatic carbocycles. The van der Waals surface area contributed by atoms with Gasteiger partial charge in [-0.25, -0.2) is 0 Å². The van der Waals surface area contributed by atoms with E-state index in [2.05, 4.69) is 30.5 Å². The molecule has 0 aliphatic heterocycles. The van der Waals surface area contributed by atoms with Gasteiger partial charge in [0.1, 0.15) is 0 Å². The molecule has 15 heavy (non-hydrogen) atoms. The van der Waals surface area contributed by atoms with Gasteiger partial charge in [-0.05, 0) is 37.2 Å². The van der Waals surface area contributed by atoms with Crippen molar-refractivity contribution in [3.05, 3.63) is 29.8 Å². The van der Waals surface area contributed by atoms with Gasteiger partial charge < -0.3 is 10.6 Å². The molecule has 0 radical (unpaired) electrons. The van der Waals surface area contributed by atoms with Gasteiger partial charge in [-0.1, -0.05) is 31.5 Å². The average Bonchev–Trinajstić information content (AvgIpc) is 2.22. The molecule has 0 atom stereocenters. The molecule has 0 unspecified atom stereocenters. The number of hydrogen-bond acceptors (Lipinski definition) is 1. The van der Waals surface area contributed by atoms with E-state index in [4.69, 9.17) is 12.2 Å². The van der Waals surface area contributed by atoms with Gasteiger partial charge in [-0.15, -0.1) is 0 Å². The fraction of sp³-hybridized carbons (Fsp3) is 0.417. The summed E-state index contributed by atoms with van der Waals surface area (Å²) < 4.78 is 0. The molecule has 2 nitrogen and oxygen atoms in total. The molecule has 0 aliphatic rings. The first-order chi connectivity index (χ1) is 7.24. The van der Waals surface area contributed by atoms with Crippen LogP contribution in [0.1, 0.15) is 25.3 Å². The molecule has 1 aromatic rings. The maximum atomic E-state index is 5.19. The molecular weight excluding hydrogens is 204 g/mol. The highest BCUT2D eigenvalue weighted by atomic mass is 32.1. The van der Waals surface area contributed by atoms with Crippen molar-refractivity contribution in [1.82, 2.24) is 5.32 Å². The zero-order valence-electron chi connectivity index (χ0n) is 9.34. The first-order valence-electron chi connectivity index (χ1n) is 5.34. The van der Waals surface area contributed by atoms with E-state index in [1.807, 2.05) is 18.2 Å². The molecule has 0 aromatic heterocycles. The highest BCUT2D eigenvalue weighted by Gasteiger charge is 1.98. The molecule has 0 spiro atoms. The van der Waals surface area contributed by atoms with Gasteiger partial charge in [0.25, 0.3) is 0 Å². The molecule has 82 valence electrons. The van der Waals surface area contributed by atoms with Gasteiger partial charge in [-0.3, -0.25) is 0 Å². The minimum Gasteiger partial charge on any atom is -0.362 e. The lowest BCUT2D eigenvalue weighted by molar-refractivity contribution is 0.758. The standard InChI is InChI=1S/C12H18N2S/c1-3-4-9-13-12(15)14-11-8-6-5-7-10(11)2/h5-8H,3-4,9H2,1-2H3,(H2,13,14,15). The van der Waals surface area contributed by atoms with Gasteiger partial charge in [0, 0.05) is 12.2 Å². The lowest BCUT2D eigenvalue weighted by Gasteiger charge is -2.11. The van der Waals surface area contributed by atoms with Gasteiger partial charge in [0.05, 0.1) is 0 Å². The number of para-hydroxylation sites is 1. The second-order valence-corrected chi connectivity index (χ2v) is 3.96. The Hall–Kier alpha value is -1.09. The van der Waals surface area contributed by atoms with E-state index in [0.29, 0.717) is 5.11 Å². The van der Waals surface area contributed by atoms with Crippen LogP contribution in [-0.4, -0.2) is 11.7 Å². The van der Waals surface area contributed by atoms with E-state index in [0.717, 1.165) is 18.7 Å². The van der Waals surface area contributed by atoms with Crippen LogP contribution in [0.4, 0.5) is 5.69 Å². The van der Waals surface area contributed by atoms with Crippen molar-refractivity contribution in [1.29, 1.82) is 0 Å². The lowest BCUT2D eigenvalue weighted by Crippen LogP contribution is -2.29. The molecule has 3 heteroatoms. The summed E-state index contributed by atoms with van der Waals surface area (Å²) in [5.74, 6) is 0. The minimum absolute atomic E-state index is 0.706. The summed E-state index contributed by atoms with van der Waals surface area (Å²) in [4.78, 5) is 0. The Morgan fingerprint density at radius 1 is 1.33 bits per heavy atom. The Labute approximate surface area is 97.1 Å². The van der Waals surface area contributed by atoms with Crippen LogP contribution in [0.5, 0.6) is 0 Å². The zero-order valence-corrected chi connectivity index (χ0v) is 10.2. The second-order valence-electron chi connectivity index (χ2n) is 3.55. The van der Waals surface area contributed by atoms with Crippen molar-refractivity contribution in [2.24, 2.45) is 0 Å². The highest BCUT2D eigenvalue weighted by Crippen LogP contribution is 2.12.